The summed E-state index contributed by atoms with van der Waals surface area (Å²) in [5, 5.41) is 3.71. The molecule has 0 unspecified atom stereocenters. The van der Waals surface area contributed by atoms with Crippen molar-refractivity contribution in [3.05, 3.63) is 65.7 Å². The maximum Gasteiger partial charge on any atom is 0.175 e. The van der Waals surface area contributed by atoms with E-state index in [-0.39, 0.29) is 6.04 Å². The van der Waals surface area contributed by atoms with E-state index in [9.17, 15) is 8.42 Å². The first-order valence-corrected chi connectivity index (χ1v) is 10.8. The highest BCUT2D eigenvalue weighted by atomic mass is 32.2. The highest BCUT2D eigenvalue weighted by Gasteiger charge is 2.22. The van der Waals surface area contributed by atoms with Crippen LogP contribution in [0, 0.1) is 0 Å². The van der Waals surface area contributed by atoms with Crippen LogP contribution in [-0.2, 0) is 9.84 Å². The molecule has 1 fully saturated rings. The van der Waals surface area contributed by atoms with E-state index < -0.39 is 9.84 Å². The van der Waals surface area contributed by atoms with Crippen LogP contribution >= 0.6 is 11.8 Å². The van der Waals surface area contributed by atoms with E-state index in [0.29, 0.717) is 10.9 Å². The molecule has 3 nitrogen and oxygen atoms in total. The Labute approximate surface area is 142 Å². The van der Waals surface area contributed by atoms with Crippen molar-refractivity contribution < 1.29 is 8.42 Å². The van der Waals surface area contributed by atoms with Crippen LogP contribution in [0.1, 0.15) is 23.6 Å². The lowest BCUT2D eigenvalue weighted by Gasteiger charge is -2.24. The van der Waals surface area contributed by atoms with Gasteiger partial charge < -0.3 is 5.32 Å². The number of rotatable bonds is 5. The quantitative estimate of drug-likeness (QED) is 0.902. The summed E-state index contributed by atoms with van der Waals surface area (Å²) in [6.45, 7) is 0. The number of benzene rings is 2. The zero-order valence-electron chi connectivity index (χ0n) is 13.1. The number of nitrogens with one attached hydrogen (secondary N) is 1. The minimum atomic E-state index is -3.20. The van der Waals surface area contributed by atoms with Gasteiger partial charge >= 0.3 is 0 Å². The summed E-state index contributed by atoms with van der Waals surface area (Å²) in [4.78, 5) is 0.374. The molecule has 2 aromatic rings. The average molecular weight is 348 g/mol. The Morgan fingerprint density at radius 2 is 1.83 bits per heavy atom. The van der Waals surface area contributed by atoms with Gasteiger partial charge in [-0.3, -0.25) is 0 Å². The second-order valence-corrected chi connectivity index (χ2v) is 9.08. The van der Waals surface area contributed by atoms with Gasteiger partial charge in [0.1, 0.15) is 0 Å². The van der Waals surface area contributed by atoms with Crippen molar-refractivity contribution in [3.8, 4) is 0 Å². The van der Waals surface area contributed by atoms with E-state index in [1.165, 1.54) is 12.0 Å². The summed E-state index contributed by atoms with van der Waals surface area (Å²) in [5.41, 5.74) is 2.16. The fourth-order valence-electron chi connectivity index (χ4n) is 2.86. The Morgan fingerprint density at radius 1 is 1.09 bits per heavy atom. The molecule has 1 aliphatic rings. The fraction of sp³-hybridized carbons (Fsp3) is 0.333. The van der Waals surface area contributed by atoms with Crippen molar-refractivity contribution in [1.82, 2.24) is 5.32 Å². The van der Waals surface area contributed by atoms with Crippen molar-refractivity contribution in [1.29, 1.82) is 0 Å². The number of sulfone groups is 1. The molecule has 0 spiro atoms. The average Bonchev–Trinajstić information content (AvgIpc) is 3.06. The van der Waals surface area contributed by atoms with Crippen LogP contribution in [0.25, 0.3) is 0 Å². The topological polar surface area (TPSA) is 46.2 Å². The molecule has 0 aromatic heterocycles. The van der Waals surface area contributed by atoms with Gasteiger partial charge in [0.05, 0.1) is 10.9 Å². The highest BCUT2D eigenvalue weighted by molar-refractivity contribution is 7.99. The zero-order valence-corrected chi connectivity index (χ0v) is 14.7. The lowest BCUT2D eigenvalue weighted by atomic mass is 9.97. The minimum Gasteiger partial charge on any atom is -0.303 e. The second kappa shape index (κ2) is 7.07. The SMILES string of the molecule is CS(=O)(=O)c1cccc([C@@H](N[C@@H]2CCSC2)c2ccccc2)c1. The summed E-state index contributed by atoms with van der Waals surface area (Å²) < 4.78 is 23.7. The van der Waals surface area contributed by atoms with Crippen LogP contribution in [0.5, 0.6) is 0 Å². The maximum atomic E-state index is 11.9. The van der Waals surface area contributed by atoms with E-state index in [1.807, 2.05) is 42.1 Å². The molecule has 1 aliphatic heterocycles. The van der Waals surface area contributed by atoms with E-state index in [2.05, 4.69) is 17.4 Å². The molecule has 2 atom stereocenters. The Kier molecular flexibility index (Phi) is 5.09. The third-order valence-corrected chi connectivity index (χ3v) is 6.36. The van der Waals surface area contributed by atoms with Gasteiger partial charge in [0.2, 0.25) is 0 Å². The summed E-state index contributed by atoms with van der Waals surface area (Å²) in [7, 11) is -3.20. The minimum absolute atomic E-state index is 0.0154. The van der Waals surface area contributed by atoms with Crippen molar-refractivity contribution in [2.75, 3.05) is 17.8 Å². The predicted molar refractivity (Wildman–Crippen MR) is 96.7 cm³/mol. The lowest BCUT2D eigenvalue weighted by Crippen LogP contribution is -2.33. The standard InChI is InChI=1S/C18H21NO2S2/c1-23(20,21)17-9-5-8-15(12-17)18(14-6-3-2-4-7-14)19-16-10-11-22-13-16/h2-9,12,16,18-19H,10-11,13H2,1H3/t16-,18+/m1/s1. The molecule has 122 valence electrons. The third kappa shape index (κ3) is 4.16. The van der Waals surface area contributed by atoms with Crippen molar-refractivity contribution >= 4 is 21.6 Å². The Morgan fingerprint density at radius 3 is 2.48 bits per heavy atom. The molecule has 0 radical (unpaired) electrons. The fourth-order valence-corrected chi connectivity index (χ4v) is 4.70. The molecule has 1 saturated heterocycles. The monoisotopic (exact) mass is 347 g/mol. The van der Waals surface area contributed by atoms with Crippen molar-refractivity contribution in [3.63, 3.8) is 0 Å². The van der Waals surface area contributed by atoms with Gasteiger partial charge in [-0.1, -0.05) is 42.5 Å². The first-order valence-electron chi connectivity index (χ1n) is 7.73. The van der Waals surface area contributed by atoms with Crippen LogP contribution in [0.2, 0.25) is 0 Å². The highest BCUT2D eigenvalue weighted by Crippen LogP contribution is 2.27. The molecule has 1 heterocycles. The molecule has 0 aliphatic carbocycles. The summed E-state index contributed by atoms with van der Waals surface area (Å²) in [5.74, 6) is 2.29. The smallest absolute Gasteiger partial charge is 0.175 e. The summed E-state index contributed by atoms with van der Waals surface area (Å²) in [6.07, 6.45) is 2.41. The Bertz CT molecular complexity index is 754. The molecule has 23 heavy (non-hydrogen) atoms. The summed E-state index contributed by atoms with van der Waals surface area (Å²) >= 11 is 1.96. The van der Waals surface area contributed by atoms with E-state index in [1.54, 1.807) is 12.1 Å². The number of thioether (sulfide) groups is 1. The van der Waals surface area contributed by atoms with Crippen LogP contribution in [0.3, 0.4) is 0 Å². The molecule has 5 heteroatoms. The molecule has 3 rings (SSSR count). The molecule has 0 amide bonds. The van der Waals surface area contributed by atoms with Crippen LogP contribution in [-0.4, -0.2) is 32.2 Å². The Balaban J connectivity index is 1.97. The number of hydrogen-bond donors (Lipinski definition) is 1. The predicted octanol–water partition coefficient (Wildman–Crippen LogP) is 3.27. The first-order chi connectivity index (χ1) is 11.0. The normalized spacial score (nSPS) is 19.6. The van der Waals surface area contributed by atoms with Crippen molar-refractivity contribution in [2.45, 2.75) is 23.4 Å². The largest absolute Gasteiger partial charge is 0.303 e. The maximum absolute atomic E-state index is 11.9. The van der Waals surface area contributed by atoms with Gasteiger partial charge in [-0.2, -0.15) is 11.8 Å². The van der Waals surface area contributed by atoms with Gasteiger partial charge in [0, 0.05) is 18.1 Å². The van der Waals surface area contributed by atoms with Gasteiger partial charge in [-0.25, -0.2) is 8.42 Å². The van der Waals surface area contributed by atoms with Gasteiger partial charge in [-0.05, 0) is 35.4 Å². The third-order valence-electron chi connectivity index (χ3n) is 4.08. The second-order valence-electron chi connectivity index (χ2n) is 5.92. The van der Waals surface area contributed by atoms with E-state index >= 15 is 0 Å². The van der Waals surface area contributed by atoms with Gasteiger partial charge in [0.25, 0.3) is 0 Å². The zero-order chi connectivity index (χ0) is 16.3. The van der Waals surface area contributed by atoms with Crippen LogP contribution in [0.4, 0.5) is 0 Å². The lowest BCUT2D eigenvalue weighted by molar-refractivity contribution is 0.505. The van der Waals surface area contributed by atoms with Crippen molar-refractivity contribution in [2.24, 2.45) is 0 Å². The molecule has 1 N–H and O–H groups in total. The van der Waals surface area contributed by atoms with Crippen LogP contribution < -0.4 is 5.32 Å². The molecular weight excluding hydrogens is 326 g/mol. The summed E-state index contributed by atoms with van der Waals surface area (Å²) in [6, 6.07) is 18.0. The molecule has 2 aromatic carbocycles. The Hall–Kier alpha value is -1.30. The number of hydrogen-bond acceptors (Lipinski definition) is 4. The molecule has 0 saturated carbocycles. The van der Waals surface area contributed by atoms with Gasteiger partial charge in [-0.15, -0.1) is 0 Å². The van der Waals surface area contributed by atoms with Gasteiger partial charge in [0.15, 0.2) is 9.84 Å². The first kappa shape index (κ1) is 16.6. The van der Waals surface area contributed by atoms with E-state index in [0.717, 1.165) is 23.3 Å². The molecular formula is C18H21NO2S2. The van der Waals surface area contributed by atoms with Crippen LogP contribution in [0.15, 0.2) is 59.5 Å². The van der Waals surface area contributed by atoms with E-state index in [4.69, 9.17) is 0 Å². The molecule has 0 bridgehead atoms.